The highest BCUT2D eigenvalue weighted by Crippen LogP contribution is 2.35. The maximum atomic E-state index is 10.9. The van der Waals surface area contributed by atoms with E-state index >= 15 is 0 Å². The zero-order valence-electron chi connectivity index (χ0n) is 11.1. The van der Waals surface area contributed by atoms with Crippen LogP contribution in [0.2, 0.25) is 0 Å². The number of anilines is 1. The molecule has 21 heavy (non-hydrogen) atoms. The molecule has 0 saturated carbocycles. The summed E-state index contributed by atoms with van der Waals surface area (Å²) in [5.41, 5.74) is 1.51. The molecule has 1 fully saturated rings. The van der Waals surface area contributed by atoms with Gasteiger partial charge in [0.1, 0.15) is 18.3 Å². The monoisotopic (exact) mass is 296 g/mol. The second-order valence-electron chi connectivity index (χ2n) is 5.29. The van der Waals surface area contributed by atoms with Gasteiger partial charge < -0.3 is 25.0 Å². The van der Waals surface area contributed by atoms with Crippen molar-refractivity contribution in [2.45, 2.75) is 31.0 Å². The Hall–Kier alpha value is -1.74. The number of aliphatic hydroxyl groups excluding tert-OH is 3. The molecule has 1 saturated heterocycles. The van der Waals surface area contributed by atoms with Crippen LogP contribution in [-0.2, 0) is 11.2 Å². The average Bonchev–Trinajstić information content (AvgIpc) is 2.88. The minimum absolute atomic E-state index is 0.0356. The topological polar surface area (TPSA) is 116 Å². The Morgan fingerprint density at radius 3 is 2.76 bits per heavy atom. The largest absolute Gasteiger partial charge is 0.388 e. The normalized spacial score (nSPS) is 32.0. The fourth-order valence-electron chi connectivity index (χ4n) is 2.84. The second-order valence-corrected chi connectivity index (χ2v) is 5.29. The van der Waals surface area contributed by atoms with E-state index in [9.17, 15) is 25.4 Å². The highest BCUT2D eigenvalue weighted by atomic mass is 16.6. The Morgan fingerprint density at radius 2 is 2.05 bits per heavy atom. The lowest BCUT2D eigenvalue weighted by Crippen LogP contribution is -2.58. The van der Waals surface area contributed by atoms with E-state index in [0.29, 0.717) is 18.7 Å². The van der Waals surface area contributed by atoms with Crippen molar-refractivity contribution in [3.63, 3.8) is 0 Å². The SMILES string of the molecule is O=[N+]([O-])c1ccc2c(c1)N(C1OCC(O)C(O)C1O)CC2. The molecule has 2 aliphatic rings. The van der Waals surface area contributed by atoms with Crippen LogP contribution in [0.25, 0.3) is 0 Å². The summed E-state index contributed by atoms with van der Waals surface area (Å²) in [5.74, 6) is 0. The van der Waals surface area contributed by atoms with Crippen LogP contribution in [0.5, 0.6) is 0 Å². The number of nitrogens with zero attached hydrogens (tertiary/aromatic N) is 2. The lowest BCUT2D eigenvalue weighted by atomic mass is 10.0. The summed E-state index contributed by atoms with van der Waals surface area (Å²) in [6.07, 6.45) is -3.86. The Labute approximate surface area is 120 Å². The Bertz CT molecular complexity index is 566. The summed E-state index contributed by atoms with van der Waals surface area (Å²) < 4.78 is 5.41. The van der Waals surface area contributed by atoms with Crippen LogP contribution in [-0.4, -0.2) is 57.9 Å². The van der Waals surface area contributed by atoms with E-state index in [4.69, 9.17) is 4.74 Å². The molecule has 0 bridgehead atoms. The van der Waals surface area contributed by atoms with E-state index < -0.39 is 29.5 Å². The summed E-state index contributed by atoms with van der Waals surface area (Å²) >= 11 is 0. The van der Waals surface area contributed by atoms with E-state index in [0.717, 1.165) is 5.56 Å². The molecule has 0 amide bonds. The van der Waals surface area contributed by atoms with Gasteiger partial charge in [0.15, 0.2) is 6.23 Å². The molecule has 4 unspecified atom stereocenters. The van der Waals surface area contributed by atoms with Crippen molar-refractivity contribution in [1.29, 1.82) is 0 Å². The Balaban J connectivity index is 1.90. The summed E-state index contributed by atoms with van der Waals surface area (Å²) in [6, 6.07) is 4.57. The molecule has 2 aliphatic heterocycles. The van der Waals surface area contributed by atoms with Crippen molar-refractivity contribution < 1.29 is 25.0 Å². The lowest BCUT2D eigenvalue weighted by molar-refractivity contribution is -0.384. The quantitative estimate of drug-likeness (QED) is 0.492. The fourth-order valence-corrected chi connectivity index (χ4v) is 2.84. The molecule has 1 aromatic carbocycles. The number of nitro groups is 1. The van der Waals surface area contributed by atoms with Gasteiger partial charge >= 0.3 is 0 Å². The number of aliphatic hydroxyl groups is 3. The van der Waals surface area contributed by atoms with E-state index in [1.54, 1.807) is 11.0 Å². The third-order valence-electron chi connectivity index (χ3n) is 3.99. The molecule has 0 spiro atoms. The van der Waals surface area contributed by atoms with E-state index in [2.05, 4.69) is 0 Å². The number of benzene rings is 1. The molecule has 8 nitrogen and oxygen atoms in total. The van der Waals surface area contributed by atoms with Crippen LogP contribution >= 0.6 is 0 Å². The Kier molecular flexibility index (Phi) is 3.54. The maximum absolute atomic E-state index is 10.9. The summed E-state index contributed by atoms with van der Waals surface area (Å²) in [6.45, 7) is 0.435. The van der Waals surface area contributed by atoms with Gasteiger partial charge in [0.2, 0.25) is 0 Å². The smallest absolute Gasteiger partial charge is 0.271 e. The van der Waals surface area contributed by atoms with E-state index in [1.807, 2.05) is 0 Å². The summed E-state index contributed by atoms with van der Waals surface area (Å²) in [5, 5.41) is 40.2. The van der Waals surface area contributed by atoms with E-state index in [-0.39, 0.29) is 12.3 Å². The van der Waals surface area contributed by atoms with Gasteiger partial charge in [-0.15, -0.1) is 0 Å². The predicted octanol–water partition coefficient (Wildman–Crippen LogP) is -0.604. The number of ether oxygens (including phenoxy) is 1. The van der Waals surface area contributed by atoms with Gasteiger partial charge in [-0.05, 0) is 12.0 Å². The summed E-state index contributed by atoms with van der Waals surface area (Å²) in [4.78, 5) is 12.1. The second kappa shape index (κ2) is 5.23. The highest BCUT2D eigenvalue weighted by Gasteiger charge is 2.42. The first-order valence-electron chi connectivity index (χ1n) is 6.69. The van der Waals surface area contributed by atoms with Crippen LogP contribution in [0.4, 0.5) is 11.4 Å². The molecule has 0 aromatic heterocycles. The molecule has 0 radical (unpaired) electrons. The van der Waals surface area contributed by atoms with Crippen molar-refractivity contribution in [3.8, 4) is 0 Å². The third-order valence-corrected chi connectivity index (χ3v) is 3.99. The minimum Gasteiger partial charge on any atom is -0.388 e. The third kappa shape index (κ3) is 2.36. The van der Waals surface area contributed by atoms with Crippen LogP contribution in [0, 0.1) is 10.1 Å². The van der Waals surface area contributed by atoms with Crippen LogP contribution < -0.4 is 4.90 Å². The molecule has 2 heterocycles. The van der Waals surface area contributed by atoms with Gasteiger partial charge in [0.25, 0.3) is 5.69 Å². The van der Waals surface area contributed by atoms with Crippen LogP contribution in [0.1, 0.15) is 5.56 Å². The van der Waals surface area contributed by atoms with Gasteiger partial charge in [-0.1, -0.05) is 6.07 Å². The number of hydrogen-bond acceptors (Lipinski definition) is 7. The summed E-state index contributed by atoms with van der Waals surface area (Å²) in [7, 11) is 0. The van der Waals surface area contributed by atoms with Crippen molar-refractivity contribution in [2.75, 3.05) is 18.1 Å². The maximum Gasteiger partial charge on any atom is 0.271 e. The Morgan fingerprint density at radius 1 is 1.29 bits per heavy atom. The molecular formula is C13H16N2O6. The first kappa shape index (κ1) is 14.2. The van der Waals surface area contributed by atoms with Gasteiger partial charge in [-0.2, -0.15) is 0 Å². The van der Waals surface area contributed by atoms with Gasteiger partial charge in [0.05, 0.1) is 11.5 Å². The molecule has 114 valence electrons. The number of hydrogen-bond donors (Lipinski definition) is 3. The first-order chi connectivity index (χ1) is 9.99. The lowest BCUT2D eigenvalue weighted by Gasteiger charge is -2.40. The average molecular weight is 296 g/mol. The molecule has 8 heteroatoms. The zero-order chi connectivity index (χ0) is 15.1. The predicted molar refractivity (Wildman–Crippen MR) is 71.9 cm³/mol. The molecular weight excluding hydrogens is 280 g/mol. The van der Waals surface area contributed by atoms with Gasteiger partial charge in [0, 0.05) is 24.4 Å². The number of fused-ring (bicyclic) bond motifs is 1. The standard InChI is InChI=1S/C13H16N2O6/c16-10-6-21-13(12(18)11(10)17)14-4-3-7-1-2-8(15(19)20)5-9(7)14/h1-2,5,10-13,16-18H,3-4,6H2. The van der Waals surface area contributed by atoms with E-state index in [1.165, 1.54) is 12.1 Å². The number of rotatable bonds is 2. The van der Waals surface area contributed by atoms with Crippen LogP contribution in [0.3, 0.4) is 0 Å². The van der Waals surface area contributed by atoms with Crippen molar-refractivity contribution in [2.24, 2.45) is 0 Å². The molecule has 3 rings (SSSR count). The van der Waals surface area contributed by atoms with Crippen LogP contribution in [0.15, 0.2) is 18.2 Å². The first-order valence-corrected chi connectivity index (χ1v) is 6.69. The molecule has 4 atom stereocenters. The zero-order valence-corrected chi connectivity index (χ0v) is 11.1. The van der Waals surface area contributed by atoms with Crippen molar-refractivity contribution in [3.05, 3.63) is 33.9 Å². The van der Waals surface area contributed by atoms with Gasteiger partial charge in [-0.25, -0.2) is 0 Å². The highest BCUT2D eigenvalue weighted by molar-refractivity contribution is 5.63. The molecule has 3 N–H and O–H groups in total. The van der Waals surface area contributed by atoms with Gasteiger partial charge in [-0.3, -0.25) is 10.1 Å². The van der Waals surface area contributed by atoms with Crippen molar-refractivity contribution in [1.82, 2.24) is 0 Å². The minimum atomic E-state index is -1.30. The fraction of sp³-hybridized carbons (Fsp3) is 0.538. The number of nitro benzene ring substituents is 1. The number of non-ortho nitro benzene ring substituents is 1. The van der Waals surface area contributed by atoms with Crippen molar-refractivity contribution >= 4 is 11.4 Å². The molecule has 1 aromatic rings. The molecule has 0 aliphatic carbocycles.